The molecule has 1 unspecified atom stereocenters. The molecule has 0 bridgehead atoms. The molecule has 2 N–H and O–H groups in total. The molecular weight excluding hydrogens is 303 g/mol. The summed E-state index contributed by atoms with van der Waals surface area (Å²) in [4.78, 5) is 2.08. The molecule has 1 heterocycles. The van der Waals surface area contributed by atoms with Gasteiger partial charge in [-0.25, -0.2) is 4.39 Å². The lowest BCUT2D eigenvalue weighted by Gasteiger charge is -2.36. The molecule has 0 aliphatic carbocycles. The molecule has 116 valence electrons. The fourth-order valence-electron chi connectivity index (χ4n) is 2.68. The third kappa shape index (κ3) is 2.83. The third-order valence-corrected chi connectivity index (χ3v) is 4.26. The van der Waals surface area contributed by atoms with E-state index in [1.807, 2.05) is 18.2 Å². The highest BCUT2D eigenvalue weighted by atomic mass is 35.5. The van der Waals surface area contributed by atoms with E-state index in [9.17, 15) is 4.39 Å². The molecule has 0 fully saturated rings. The molecule has 2 aromatic carbocycles. The monoisotopic (exact) mass is 320 g/mol. The summed E-state index contributed by atoms with van der Waals surface area (Å²) in [5, 5.41) is 0.435. The predicted octanol–water partition coefficient (Wildman–Crippen LogP) is 4.24. The SMILES string of the molecule is CCC1CN(Cc2c(F)cccc2Cl)c2cc(N)ccc2O1. The van der Waals surface area contributed by atoms with Crippen LogP contribution in [0.1, 0.15) is 18.9 Å². The third-order valence-electron chi connectivity index (χ3n) is 3.91. The Kier molecular flexibility index (Phi) is 4.12. The van der Waals surface area contributed by atoms with Crippen LogP contribution in [0.4, 0.5) is 15.8 Å². The van der Waals surface area contributed by atoms with E-state index in [-0.39, 0.29) is 11.9 Å². The average Bonchev–Trinajstić information content (AvgIpc) is 2.51. The van der Waals surface area contributed by atoms with Crippen molar-refractivity contribution in [1.29, 1.82) is 0 Å². The first-order valence-electron chi connectivity index (χ1n) is 7.32. The van der Waals surface area contributed by atoms with E-state index in [1.54, 1.807) is 12.1 Å². The molecule has 3 nitrogen and oxygen atoms in total. The van der Waals surface area contributed by atoms with Crippen LogP contribution in [0.5, 0.6) is 5.75 Å². The summed E-state index contributed by atoms with van der Waals surface area (Å²) < 4.78 is 20.0. The van der Waals surface area contributed by atoms with E-state index in [4.69, 9.17) is 22.1 Å². The number of anilines is 2. The zero-order valence-corrected chi connectivity index (χ0v) is 13.1. The molecule has 2 aromatic rings. The predicted molar refractivity (Wildman–Crippen MR) is 88.0 cm³/mol. The fraction of sp³-hybridized carbons (Fsp3) is 0.294. The molecule has 0 spiro atoms. The highest BCUT2D eigenvalue weighted by Crippen LogP contribution is 2.37. The first-order chi connectivity index (χ1) is 10.6. The van der Waals surface area contributed by atoms with Gasteiger partial charge in [0.05, 0.1) is 12.2 Å². The van der Waals surface area contributed by atoms with Gasteiger partial charge >= 0.3 is 0 Å². The van der Waals surface area contributed by atoms with Crippen molar-refractivity contribution in [2.24, 2.45) is 0 Å². The van der Waals surface area contributed by atoms with Crippen LogP contribution < -0.4 is 15.4 Å². The summed E-state index contributed by atoms with van der Waals surface area (Å²) in [7, 11) is 0. The van der Waals surface area contributed by atoms with Crippen LogP contribution in [0.25, 0.3) is 0 Å². The maximum Gasteiger partial charge on any atom is 0.143 e. The van der Waals surface area contributed by atoms with Crippen LogP contribution in [-0.4, -0.2) is 12.6 Å². The number of rotatable bonds is 3. The normalized spacial score (nSPS) is 17.0. The number of fused-ring (bicyclic) bond motifs is 1. The Morgan fingerprint density at radius 2 is 2.18 bits per heavy atom. The quantitative estimate of drug-likeness (QED) is 0.860. The second-order valence-corrected chi connectivity index (χ2v) is 5.86. The topological polar surface area (TPSA) is 38.5 Å². The number of hydrogen-bond donors (Lipinski definition) is 1. The van der Waals surface area contributed by atoms with Crippen LogP contribution in [-0.2, 0) is 6.54 Å². The van der Waals surface area contributed by atoms with Crippen LogP contribution in [0, 0.1) is 5.82 Å². The van der Waals surface area contributed by atoms with Gasteiger partial charge in [-0.05, 0) is 36.8 Å². The molecule has 0 aromatic heterocycles. The van der Waals surface area contributed by atoms with E-state index in [0.29, 0.717) is 29.4 Å². The Balaban J connectivity index is 1.98. The standard InChI is InChI=1S/C17H18ClFN2O/c1-2-12-9-21(10-13-14(18)4-3-5-15(13)19)16-8-11(20)6-7-17(16)22-12/h3-8,12H,2,9-10,20H2,1H3. The Morgan fingerprint density at radius 1 is 1.36 bits per heavy atom. The average molecular weight is 321 g/mol. The number of nitrogens with zero attached hydrogens (tertiary/aromatic N) is 1. The molecule has 3 rings (SSSR count). The number of hydrogen-bond acceptors (Lipinski definition) is 3. The number of halogens is 2. The molecule has 0 saturated heterocycles. The van der Waals surface area contributed by atoms with Crippen molar-refractivity contribution in [2.45, 2.75) is 26.0 Å². The van der Waals surface area contributed by atoms with Gasteiger partial charge in [-0.2, -0.15) is 0 Å². The molecule has 1 atom stereocenters. The Morgan fingerprint density at radius 3 is 2.91 bits per heavy atom. The molecule has 22 heavy (non-hydrogen) atoms. The highest BCUT2D eigenvalue weighted by molar-refractivity contribution is 6.31. The van der Waals surface area contributed by atoms with Gasteiger partial charge in [0.1, 0.15) is 17.7 Å². The zero-order valence-electron chi connectivity index (χ0n) is 12.4. The molecule has 0 amide bonds. The lowest BCUT2D eigenvalue weighted by atomic mass is 10.1. The van der Waals surface area contributed by atoms with E-state index in [0.717, 1.165) is 17.9 Å². The number of nitrogen functional groups attached to an aromatic ring is 1. The zero-order chi connectivity index (χ0) is 15.7. The van der Waals surface area contributed by atoms with E-state index >= 15 is 0 Å². The summed E-state index contributed by atoms with van der Waals surface area (Å²) >= 11 is 6.15. The lowest BCUT2D eigenvalue weighted by molar-refractivity contribution is 0.188. The van der Waals surface area contributed by atoms with E-state index in [1.165, 1.54) is 6.07 Å². The van der Waals surface area contributed by atoms with Gasteiger partial charge in [0.15, 0.2) is 0 Å². The van der Waals surface area contributed by atoms with Crippen LogP contribution >= 0.6 is 11.6 Å². The first-order valence-corrected chi connectivity index (χ1v) is 7.70. The summed E-state index contributed by atoms with van der Waals surface area (Å²) in [5.74, 6) is 0.484. The summed E-state index contributed by atoms with van der Waals surface area (Å²) in [6.45, 7) is 3.14. The minimum Gasteiger partial charge on any atom is -0.486 e. The van der Waals surface area contributed by atoms with Crippen molar-refractivity contribution >= 4 is 23.0 Å². The maximum atomic E-state index is 14.1. The Labute approximate surface area is 134 Å². The molecule has 5 heteroatoms. The second-order valence-electron chi connectivity index (χ2n) is 5.46. The minimum atomic E-state index is -0.294. The summed E-state index contributed by atoms with van der Waals surface area (Å²) in [6.07, 6.45) is 0.951. The van der Waals surface area contributed by atoms with Gasteiger partial charge in [-0.1, -0.05) is 24.6 Å². The van der Waals surface area contributed by atoms with E-state index in [2.05, 4.69) is 11.8 Å². The Bertz CT molecular complexity index is 672. The molecule has 0 saturated carbocycles. The molecular formula is C17H18ClFN2O. The van der Waals surface area contributed by atoms with Gasteiger partial charge in [-0.15, -0.1) is 0 Å². The van der Waals surface area contributed by atoms with E-state index < -0.39 is 0 Å². The van der Waals surface area contributed by atoms with Gasteiger partial charge < -0.3 is 15.4 Å². The maximum absolute atomic E-state index is 14.1. The first kappa shape index (κ1) is 15.0. The number of nitrogens with two attached hydrogens (primary N) is 1. The van der Waals surface area contributed by atoms with Gasteiger partial charge in [0.2, 0.25) is 0 Å². The van der Waals surface area contributed by atoms with Crippen LogP contribution in [0.15, 0.2) is 36.4 Å². The van der Waals surface area contributed by atoms with Crippen LogP contribution in [0.3, 0.4) is 0 Å². The van der Waals surface area contributed by atoms with Crippen molar-refractivity contribution < 1.29 is 9.13 Å². The van der Waals surface area contributed by atoms with Crippen molar-refractivity contribution in [1.82, 2.24) is 0 Å². The van der Waals surface area contributed by atoms with Crippen molar-refractivity contribution in [3.05, 3.63) is 52.8 Å². The highest BCUT2D eigenvalue weighted by Gasteiger charge is 2.26. The van der Waals surface area contributed by atoms with Gasteiger partial charge in [0.25, 0.3) is 0 Å². The number of benzene rings is 2. The molecule has 1 aliphatic rings. The van der Waals surface area contributed by atoms with Gasteiger partial charge in [-0.3, -0.25) is 0 Å². The minimum absolute atomic E-state index is 0.0710. The smallest absolute Gasteiger partial charge is 0.143 e. The van der Waals surface area contributed by atoms with Crippen molar-refractivity contribution in [2.75, 3.05) is 17.2 Å². The lowest BCUT2D eigenvalue weighted by Crippen LogP contribution is -2.39. The number of ether oxygens (including phenoxy) is 1. The largest absolute Gasteiger partial charge is 0.486 e. The molecule has 0 radical (unpaired) electrons. The van der Waals surface area contributed by atoms with Crippen molar-refractivity contribution in [3.8, 4) is 5.75 Å². The fourth-order valence-corrected chi connectivity index (χ4v) is 2.90. The van der Waals surface area contributed by atoms with Crippen molar-refractivity contribution in [3.63, 3.8) is 0 Å². The van der Waals surface area contributed by atoms with Gasteiger partial charge in [0, 0.05) is 22.8 Å². The Hall–Kier alpha value is -1.94. The second kappa shape index (κ2) is 6.05. The molecule has 1 aliphatic heterocycles. The summed E-state index contributed by atoms with van der Waals surface area (Å²) in [5.41, 5.74) is 7.91. The summed E-state index contributed by atoms with van der Waals surface area (Å²) in [6, 6.07) is 10.3. The van der Waals surface area contributed by atoms with Crippen LogP contribution in [0.2, 0.25) is 5.02 Å².